The summed E-state index contributed by atoms with van der Waals surface area (Å²) in [7, 11) is 0. The van der Waals surface area contributed by atoms with Crippen LogP contribution >= 0.6 is 23.1 Å². The molecule has 1 aromatic carbocycles. The van der Waals surface area contributed by atoms with Gasteiger partial charge in [-0.25, -0.2) is 0 Å². The van der Waals surface area contributed by atoms with E-state index in [4.69, 9.17) is 4.74 Å². The summed E-state index contributed by atoms with van der Waals surface area (Å²) >= 11 is 2.72. The summed E-state index contributed by atoms with van der Waals surface area (Å²) in [6.45, 7) is 6.03. The van der Waals surface area contributed by atoms with Crippen molar-refractivity contribution in [3.63, 3.8) is 0 Å². The van der Waals surface area contributed by atoms with Crippen LogP contribution in [0, 0.1) is 0 Å². The Morgan fingerprint density at radius 3 is 2.70 bits per heavy atom. The average Bonchev–Trinajstić information content (AvgIpc) is 2.94. The topological polar surface area (TPSA) is 64.1 Å². The molecule has 1 aromatic heterocycles. The number of aryl methyl sites for hydroxylation is 1. The molecule has 0 aliphatic carbocycles. The van der Waals surface area contributed by atoms with E-state index in [0.29, 0.717) is 10.9 Å². The first-order valence-electron chi connectivity index (χ1n) is 7.58. The molecule has 0 fully saturated rings. The van der Waals surface area contributed by atoms with Gasteiger partial charge in [0.15, 0.2) is 4.34 Å². The van der Waals surface area contributed by atoms with E-state index in [-0.39, 0.29) is 12.0 Å². The summed E-state index contributed by atoms with van der Waals surface area (Å²) in [5.41, 5.74) is 2.10. The largest absolute Gasteiger partial charge is 0.466 e. The Hall–Kier alpha value is -1.60. The summed E-state index contributed by atoms with van der Waals surface area (Å²) in [6, 6.07) is 7.97. The third-order valence-corrected chi connectivity index (χ3v) is 4.77. The normalized spacial score (nSPS) is 10.8. The standard InChI is InChI=1S/C16H21N3O2S2/c1-4-5-12-6-8-13(9-7-12)17-14(20)10-22-16-19-18-15(23-16)21-11(2)3/h6-9,11H,4-5,10H2,1-3H3,(H,17,20). The van der Waals surface area contributed by atoms with Gasteiger partial charge < -0.3 is 10.1 Å². The summed E-state index contributed by atoms with van der Waals surface area (Å²) in [5, 5.41) is 11.4. The van der Waals surface area contributed by atoms with Crippen molar-refractivity contribution >= 4 is 34.7 Å². The second-order valence-corrected chi connectivity index (χ2v) is 7.45. The van der Waals surface area contributed by atoms with Crippen LogP contribution in [0.15, 0.2) is 28.6 Å². The predicted octanol–water partition coefficient (Wildman–Crippen LogP) is 4.01. The van der Waals surface area contributed by atoms with Crippen molar-refractivity contribution in [2.24, 2.45) is 0 Å². The minimum absolute atomic E-state index is 0.0558. The fraction of sp³-hybridized carbons (Fsp3) is 0.438. The molecule has 0 spiro atoms. The van der Waals surface area contributed by atoms with Crippen LogP contribution in [0.2, 0.25) is 0 Å². The first kappa shape index (κ1) is 17.7. The predicted molar refractivity (Wildman–Crippen MR) is 95.5 cm³/mol. The SMILES string of the molecule is CCCc1ccc(NC(=O)CSc2nnc(OC(C)C)s2)cc1. The molecule has 2 rings (SSSR count). The maximum absolute atomic E-state index is 12.0. The van der Waals surface area contributed by atoms with Gasteiger partial charge in [-0.15, -0.1) is 5.10 Å². The van der Waals surface area contributed by atoms with E-state index >= 15 is 0 Å². The van der Waals surface area contributed by atoms with E-state index in [2.05, 4.69) is 22.4 Å². The number of benzene rings is 1. The van der Waals surface area contributed by atoms with E-state index < -0.39 is 0 Å². The molecule has 1 heterocycles. The molecule has 0 aliphatic rings. The summed E-state index contributed by atoms with van der Waals surface area (Å²) < 4.78 is 6.19. The van der Waals surface area contributed by atoms with Gasteiger partial charge in [-0.3, -0.25) is 4.79 Å². The molecule has 0 atom stereocenters. The molecule has 0 aliphatic heterocycles. The van der Waals surface area contributed by atoms with Gasteiger partial charge in [0.2, 0.25) is 5.91 Å². The number of carbonyl (C=O) groups is 1. The Balaban J connectivity index is 1.79. The highest BCUT2D eigenvalue weighted by molar-refractivity contribution is 8.01. The first-order chi connectivity index (χ1) is 11.1. The van der Waals surface area contributed by atoms with E-state index in [1.807, 2.05) is 38.1 Å². The van der Waals surface area contributed by atoms with Crippen molar-refractivity contribution < 1.29 is 9.53 Å². The van der Waals surface area contributed by atoms with Gasteiger partial charge in [0.25, 0.3) is 5.19 Å². The highest BCUT2D eigenvalue weighted by Crippen LogP contribution is 2.27. The lowest BCUT2D eigenvalue weighted by Gasteiger charge is -2.05. The highest BCUT2D eigenvalue weighted by Gasteiger charge is 2.10. The van der Waals surface area contributed by atoms with Crippen LogP contribution in [0.1, 0.15) is 32.8 Å². The highest BCUT2D eigenvalue weighted by atomic mass is 32.2. The average molecular weight is 351 g/mol. The Kier molecular flexibility index (Phi) is 6.85. The zero-order valence-corrected chi connectivity index (χ0v) is 15.2. The monoisotopic (exact) mass is 351 g/mol. The summed E-state index contributed by atoms with van der Waals surface area (Å²) in [4.78, 5) is 12.0. The second-order valence-electron chi connectivity index (χ2n) is 5.28. The molecule has 124 valence electrons. The minimum atomic E-state index is -0.0558. The van der Waals surface area contributed by atoms with Crippen LogP contribution in [0.3, 0.4) is 0 Å². The number of amides is 1. The molecule has 0 radical (unpaired) electrons. The van der Waals surface area contributed by atoms with E-state index in [1.165, 1.54) is 28.7 Å². The van der Waals surface area contributed by atoms with Crippen LogP contribution in [0.5, 0.6) is 5.19 Å². The molecule has 2 aromatic rings. The molecule has 1 N–H and O–H groups in total. The Morgan fingerprint density at radius 1 is 1.30 bits per heavy atom. The van der Waals surface area contributed by atoms with Crippen molar-refractivity contribution in [1.29, 1.82) is 0 Å². The Morgan fingerprint density at radius 2 is 2.04 bits per heavy atom. The van der Waals surface area contributed by atoms with Crippen LogP contribution in [-0.4, -0.2) is 28.0 Å². The number of anilines is 1. The number of rotatable bonds is 8. The molecule has 7 heteroatoms. The molecule has 0 unspecified atom stereocenters. The molecule has 1 amide bonds. The molecule has 0 saturated heterocycles. The van der Waals surface area contributed by atoms with Gasteiger partial charge in [0, 0.05) is 5.69 Å². The fourth-order valence-electron chi connectivity index (χ4n) is 1.87. The number of hydrogen-bond donors (Lipinski definition) is 1. The smallest absolute Gasteiger partial charge is 0.295 e. The van der Waals surface area contributed by atoms with Crippen molar-refractivity contribution in [3.8, 4) is 5.19 Å². The van der Waals surface area contributed by atoms with E-state index in [0.717, 1.165) is 22.9 Å². The molecule has 0 bridgehead atoms. The molecule has 0 saturated carbocycles. The lowest BCUT2D eigenvalue weighted by atomic mass is 10.1. The quantitative estimate of drug-likeness (QED) is 0.728. The van der Waals surface area contributed by atoms with Crippen molar-refractivity contribution in [2.75, 3.05) is 11.1 Å². The zero-order valence-electron chi connectivity index (χ0n) is 13.5. The first-order valence-corrected chi connectivity index (χ1v) is 9.38. The molecule has 23 heavy (non-hydrogen) atoms. The van der Waals surface area contributed by atoms with Gasteiger partial charge in [0.1, 0.15) is 0 Å². The van der Waals surface area contributed by atoms with Gasteiger partial charge in [0.05, 0.1) is 11.9 Å². The lowest BCUT2D eigenvalue weighted by Crippen LogP contribution is -2.13. The van der Waals surface area contributed by atoms with Gasteiger partial charge in [-0.05, 0) is 49.3 Å². The van der Waals surface area contributed by atoms with Crippen LogP contribution < -0.4 is 10.1 Å². The van der Waals surface area contributed by atoms with Crippen molar-refractivity contribution in [3.05, 3.63) is 29.8 Å². The number of carbonyl (C=O) groups excluding carboxylic acids is 1. The molecular weight excluding hydrogens is 330 g/mol. The number of thioether (sulfide) groups is 1. The van der Waals surface area contributed by atoms with E-state index in [9.17, 15) is 4.79 Å². The lowest BCUT2D eigenvalue weighted by molar-refractivity contribution is -0.113. The zero-order chi connectivity index (χ0) is 16.7. The number of nitrogens with one attached hydrogen (secondary N) is 1. The molecule has 5 nitrogen and oxygen atoms in total. The van der Waals surface area contributed by atoms with Gasteiger partial charge in [-0.1, -0.05) is 42.3 Å². The van der Waals surface area contributed by atoms with E-state index in [1.54, 1.807) is 0 Å². The van der Waals surface area contributed by atoms with Gasteiger partial charge in [-0.2, -0.15) is 0 Å². The molecular formula is C16H21N3O2S2. The van der Waals surface area contributed by atoms with Crippen LogP contribution in [0.25, 0.3) is 0 Å². The maximum atomic E-state index is 12.0. The Labute approximate surface area is 144 Å². The van der Waals surface area contributed by atoms with Crippen LogP contribution in [-0.2, 0) is 11.2 Å². The number of hydrogen-bond acceptors (Lipinski definition) is 6. The third-order valence-electron chi connectivity index (χ3n) is 2.83. The third kappa shape index (κ3) is 6.19. The maximum Gasteiger partial charge on any atom is 0.295 e. The summed E-state index contributed by atoms with van der Waals surface area (Å²) in [5.74, 6) is 0.243. The number of aromatic nitrogens is 2. The summed E-state index contributed by atoms with van der Waals surface area (Å²) in [6.07, 6.45) is 2.24. The Bertz CT molecular complexity index is 627. The fourth-order valence-corrected chi connectivity index (χ4v) is 3.48. The second kappa shape index (κ2) is 8.88. The van der Waals surface area contributed by atoms with Crippen molar-refractivity contribution in [1.82, 2.24) is 10.2 Å². The van der Waals surface area contributed by atoms with Crippen LogP contribution in [0.4, 0.5) is 5.69 Å². The minimum Gasteiger partial charge on any atom is -0.466 e. The number of ether oxygens (including phenoxy) is 1. The van der Waals surface area contributed by atoms with Gasteiger partial charge >= 0.3 is 0 Å². The van der Waals surface area contributed by atoms with Crippen molar-refractivity contribution in [2.45, 2.75) is 44.1 Å². The number of nitrogens with zero attached hydrogens (tertiary/aromatic N) is 2.